The number of hydrogen-bond acceptors (Lipinski definition) is 4. The first-order valence-electron chi connectivity index (χ1n) is 10.8. The number of rotatable bonds is 7. The summed E-state index contributed by atoms with van der Waals surface area (Å²) in [5.41, 5.74) is 2.48. The van der Waals surface area contributed by atoms with Gasteiger partial charge in [0, 0.05) is 30.3 Å². The number of anilines is 2. The van der Waals surface area contributed by atoms with E-state index in [1.807, 2.05) is 36.4 Å². The number of carbonyl (C=O) groups excluding carboxylic acids is 2. The number of amides is 1. The summed E-state index contributed by atoms with van der Waals surface area (Å²) in [5.74, 6) is -0.00276. The highest BCUT2D eigenvalue weighted by Crippen LogP contribution is 2.27. The van der Waals surface area contributed by atoms with Crippen LogP contribution in [0.25, 0.3) is 0 Å². The summed E-state index contributed by atoms with van der Waals surface area (Å²) in [7, 11) is 0. The molecule has 0 aromatic heterocycles. The summed E-state index contributed by atoms with van der Waals surface area (Å²) in [4.78, 5) is 27.7. The van der Waals surface area contributed by atoms with Crippen molar-refractivity contribution in [2.75, 3.05) is 18.4 Å². The molecule has 33 heavy (non-hydrogen) atoms. The molecule has 1 amide bonds. The van der Waals surface area contributed by atoms with Gasteiger partial charge in [0.05, 0.1) is 11.3 Å². The molecule has 0 spiro atoms. The van der Waals surface area contributed by atoms with Crippen LogP contribution < -0.4 is 10.1 Å². The number of para-hydroxylation sites is 1. The fourth-order valence-corrected chi connectivity index (χ4v) is 4.01. The summed E-state index contributed by atoms with van der Waals surface area (Å²) >= 11 is 0. The monoisotopic (exact) mass is 450 g/mol. The molecule has 5 nitrogen and oxygen atoms in total. The van der Waals surface area contributed by atoms with Gasteiger partial charge in [-0.05, 0) is 49.2 Å². The first-order chi connectivity index (χ1) is 16.0. The van der Waals surface area contributed by atoms with Gasteiger partial charge in [0.1, 0.15) is 5.75 Å². The van der Waals surface area contributed by atoms with Gasteiger partial charge >= 0.3 is 6.61 Å². The highest BCUT2D eigenvalue weighted by Gasteiger charge is 2.29. The van der Waals surface area contributed by atoms with E-state index in [0.717, 1.165) is 0 Å². The van der Waals surface area contributed by atoms with Gasteiger partial charge in [-0.1, -0.05) is 42.5 Å². The predicted octanol–water partition coefficient (Wildman–Crippen LogP) is 5.77. The van der Waals surface area contributed by atoms with Gasteiger partial charge in [0.15, 0.2) is 5.78 Å². The number of carbonyl (C=O) groups is 2. The van der Waals surface area contributed by atoms with E-state index in [4.69, 9.17) is 0 Å². The van der Waals surface area contributed by atoms with Gasteiger partial charge in [-0.15, -0.1) is 0 Å². The predicted molar refractivity (Wildman–Crippen MR) is 122 cm³/mol. The first-order valence-corrected chi connectivity index (χ1v) is 10.8. The Morgan fingerprint density at radius 3 is 2.18 bits per heavy atom. The fraction of sp³-hybridized carbons (Fsp3) is 0.231. The molecule has 7 heteroatoms. The Balaban J connectivity index is 1.41. The molecule has 0 aliphatic carbocycles. The summed E-state index contributed by atoms with van der Waals surface area (Å²) < 4.78 is 29.1. The van der Waals surface area contributed by atoms with E-state index < -0.39 is 6.61 Å². The molecule has 0 bridgehead atoms. The second kappa shape index (κ2) is 10.3. The second-order valence-electron chi connectivity index (χ2n) is 7.87. The zero-order valence-electron chi connectivity index (χ0n) is 17.9. The number of nitrogens with one attached hydrogen (secondary N) is 1. The van der Waals surface area contributed by atoms with Gasteiger partial charge < -0.3 is 15.0 Å². The zero-order valence-corrected chi connectivity index (χ0v) is 17.9. The molecular formula is C26H24F2N2O3. The van der Waals surface area contributed by atoms with Gasteiger partial charge in [-0.3, -0.25) is 9.59 Å². The lowest BCUT2D eigenvalue weighted by Crippen LogP contribution is -2.40. The normalized spacial score (nSPS) is 14.2. The van der Waals surface area contributed by atoms with Crippen molar-refractivity contribution in [3.63, 3.8) is 0 Å². The van der Waals surface area contributed by atoms with Crippen molar-refractivity contribution in [1.29, 1.82) is 0 Å². The molecule has 3 aromatic carbocycles. The molecule has 1 saturated heterocycles. The Morgan fingerprint density at radius 2 is 1.52 bits per heavy atom. The van der Waals surface area contributed by atoms with Crippen molar-refractivity contribution in [3.05, 3.63) is 90.0 Å². The minimum atomic E-state index is -2.88. The fourth-order valence-electron chi connectivity index (χ4n) is 4.01. The number of alkyl halides is 2. The Kier molecular flexibility index (Phi) is 6.98. The van der Waals surface area contributed by atoms with Crippen molar-refractivity contribution in [3.8, 4) is 5.75 Å². The number of ether oxygens (including phenoxy) is 1. The largest absolute Gasteiger partial charge is 0.435 e. The van der Waals surface area contributed by atoms with Crippen molar-refractivity contribution >= 4 is 23.1 Å². The Hall–Kier alpha value is -3.74. The van der Waals surface area contributed by atoms with Crippen LogP contribution in [0.15, 0.2) is 78.9 Å². The Labute approximate surface area is 191 Å². The van der Waals surface area contributed by atoms with Gasteiger partial charge in [-0.2, -0.15) is 8.78 Å². The maximum atomic E-state index is 13.2. The lowest BCUT2D eigenvalue weighted by Gasteiger charge is -2.32. The number of nitrogens with zero attached hydrogens (tertiary/aromatic N) is 1. The molecule has 1 N–H and O–H groups in total. The maximum absolute atomic E-state index is 13.2. The second-order valence-corrected chi connectivity index (χ2v) is 7.87. The lowest BCUT2D eigenvalue weighted by molar-refractivity contribution is -0.0498. The summed E-state index contributed by atoms with van der Waals surface area (Å²) in [6, 6.07) is 22.5. The van der Waals surface area contributed by atoms with Crippen LogP contribution in [0, 0.1) is 5.92 Å². The van der Waals surface area contributed by atoms with Crippen molar-refractivity contribution < 1.29 is 23.1 Å². The Bertz CT molecular complexity index is 1100. The topological polar surface area (TPSA) is 58.6 Å². The highest BCUT2D eigenvalue weighted by atomic mass is 19.3. The molecule has 0 radical (unpaired) electrons. The van der Waals surface area contributed by atoms with Gasteiger partial charge in [0.25, 0.3) is 5.91 Å². The van der Waals surface area contributed by atoms with E-state index in [0.29, 0.717) is 48.4 Å². The number of piperidine rings is 1. The SMILES string of the molecule is O=C(c1ccccc1)C1CCN(C(=O)c2ccccc2Nc2ccc(OC(F)F)cc2)CC1. The van der Waals surface area contributed by atoms with Crippen LogP contribution in [0.2, 0.25) is 0 Å². The molecule has 170 valence electrons. The van der Waals surface area contributed by atoms with Crippen LogP contribution in [-0.4, -0.2) is 36.3 Å². The highest BCUT2D eigenvalue weighted by molar-refractivity contribution is 6.01. The number of ketones is 1. The molecule has 4 rings (SSSR count). The number of likely N-dealkylation sites (tertiary alicyclic amines) is 1. The summed E-state index contributed by atoms with van der Waals surface area (Å²) in [6.07, 6.45) is 1.25. The van der Waals surface area contributed by atoms with Gasteiger partial charge in [0.2, 0.25) is 0 Å². The summed E-state index contributed by atoms with van der Waals surface area (Å²) in [5, 5.41) is 3.18. The lowest BCUT2D eigenvalue weighted by atomic mass is 9.88. The van der Waals surface area contributed by atoms with Crippen molar-refractivity contribution in [1.82, 2.24) is 4.90 Å². The molecule has 0 unspecified atom stereocenters. The van der Waals surface area contributed by atoms with E-state index in [2.05, 4.69) is 10.1 Å². The number of halogens is 2. The van der Waals surface area contributed by atoms with Crippen LogP contribution in [0.1, 0.15) is 33.6 Å². The van der Waals surface area contributed by atoms with Crippen LogP contribution >= 0.6 is 0 Å². The quantitative estimate of drug-likeness (QED) is 0.465. The number of Topliss-reactive ketones (excluding diaryl/α,β-unsaturated/α-hetero) is 1. The van der Waals surface area contributed by atoms with Gasteiger partial charge in [-0.25, -0.2) is 0 Å². The molecule has 1 heterocycles. The van der Waals surface area contributed by atoms with Crippen LogP contribution in [0.4, 0.5) is 20.2 Å². The average molecular weight is 450 g/mol. The average Bonchev–Trinajstić information content (AvgIpc) is 2.85. The standard InChI is InChI=1S/C26H24F2N2O3/c27-26(28)33-21-12-10-20(11-13-21)29-23-9-5-4-8-22(23)25(32)30-16-14-19(15-17-30)24(31)18-6-2-1-3-7-18/h1-13,19,26,29H,14-17H2. The van der Waals surface area contributed by atoms with Crippen molar-refractivity contribution in [2.45, 2.75) is 19.5 Å². The van der Waals surface area contributed by atoms with E-state index in [9.17, 15) is 18.4 Å². The van der Waals surface area contributed by atoms with Crippen LogP contribution in [0.5, 0.6) is 5.75 Å². The molecule has 1 aliphatic rings. The Morgan fingerprint density at radius 1 is 0.879 bits per heavy atom. The van der Waals surface area contributed by atoms with Crippen LogP contribution in [-0.2, 0) is 0 Å². The van der Waals surface area contributed by atoms with Crippen LogP contribution in [0.3, 0.4) is 0 Å². The molecule has 1 aliphatic heterocycles. The minimum Gasteiger partial charge on any atom is -0.435 e. The molecule has 0 atom stereocenters. The first kappa shape index (κ1) is 22.5. The van der Waals surface area contributed by atoms with E-state index in [-0.39, 0.29) is 23.4 Å². The molecular weight excluding hydrogens is 426 g/mol. The molecule has 3 aromatic rings. The summed E-state index contributed by atoms with van der Waals surface area (Å²) in [6.45, 7) is -1.86. The van der Waals surface area contributed by atoms with E-state index in [1.54, 1.807) is 35.2 Å². The maximum Gasteiger partial charge on any atom is 0.387 e. The molecule has 0 saturated carbocycles. The van der Waals surface area contributed by atoms with E-state index >= 15 is 0 Å². The minimum absolute atomic E-state index is 0.0628. The smallest absolute Gasteiger partial charge is 0.387 e. The number of benzene rings is 3. The third-order valence-corrected chi connectivity index (χ3v) is 5.73. The molecule has 1 fully saturated rings. The zero-order chi connectivity index (χ0) is 23.2. The number of hydrogen-bond donors (Lipinski definition) is 1. The van der Waals surface area contributed by atoms with E-state index in [1.165, 1.54) is 12.1 Å². The third kappa shape index (κ3) is 5.55. The third-order valence-electron chi connectivity index (χ3n) is 5.73. The van der Waals surface area contributed by atoms with Crippen molar-refractivity contribution in [2.24, 2.45) is 5.92 Å².